The summed E-state index contributed by atoms with van der Waals surface area (Å²) in [4.78, 5) is 4.58. The van der Waals surface area contributed by atoms with Gasteiger partial charge >= 0.3 is 0 Å². The molecule has 0 aromatic carbocycles. The Hall–Kier alpha value is -0.130. The molecule has 1 aromatic heterocycles. The summed E-state index contributed by atoms with van der Waals surface area (Å²) in [5.41, 5.74) is 2.36. The fraction of sp³-hybridized carbons (Fsp3) is 0.583. The monoisotopic (exact) mass is 362 g/mol. The Kier molecular flexibility index (Phi) is 4.10. The standard InChI is InChI=1S/C12H16Br2N2O/c1-6-4-7(2)15-5-8-9(6)10(13)11(14)12(16-8)17-3/h6-7,15H,4-5H2,1-3H3. The van der Waals surface area contributed by atoms with Crippen LogP contribution in [0.15, 0.2) is 8.95 Å². The first-order chi connectivity index (χ1) is 8.04. The second-order valence-electron chi connectivity index (χ2n) is 4.53. The van der Waals surface area contributed by atoms with Gasteiger partial charge in [0.2, 0.25) is 5.88 Å². The van der Waals surface area contributed by atoms with Gasteiger partial charge in [-0.15, -0.1) is 0 Å². The maximum Gasteiger partial charge on any atom is 0.229 e. The number of nitrogens with zero attached hydrogens (tertiary/aromatic N) is 1. The largest absolute Gasteiger partial charge is 0.480 e. The van der Waals surface area contributed by atoms with Crippen molar-refractivity contribution in [3.8, 4) is 5.88 Å². The van der Waals surface area contributed by atoms with Crippen LogP contribution < -0.4 is 10.1 Å². The van der Waals surface area contributed by atoms with Crippen LogP contribution in [0.5, 0.6) is 5.88 Å². The van der Waals surface area contributed by atoms with Gasteiger partial charge in [0.1, 0.15) is 0 Å². The van der Waals surface area contributed by atoms with Crippen LogP contribution in [0.3, 0.4) is 0 Å². The van der Waals surface area contributed by atoms with Gasteiger partial charge in [-0.25, -0.2) is 4.98 Å². The Morgan fingerprint density at radius 3 is 2.65 bits per heavy atom. The fourth-order valence-electron chi connectivity index (χ4n) is 2.34. The average molecular weight is 364 g/mol. The van der Waals surface area contributed by atoms with E-state index in [0.717, 1.165) is 27.6 Å². The molecule has 3 nitrogen and oxygen atoms in total. The van der Waals surface area contributed by atoms with Crippen molar-refractivity contribution in [1.29, 1.82) is 0 Å². The maximum atomic E-state index is 5.28. The molecule has 0 bridgehead atoms. The SMILES string of the molecule is COc1nc2c(c(Br)c1Br)C(C)CC(C)NC2. The van der Waals surface area contributed by atoms with Gasteiger partial charge in [0.15, 0.2) is 0 Å². The molecule has 0 radical (unpaired) electrons. The molecule has 1 aliphatic rings. The van der Waals surface area contributed by atoms with Gasteiger partial charge in [-0.1, -0.05) is 6.92 Å². The number of rotatable bonds is 1. The minimum absolute atomic E-state index is 0.485. The molecule has 0 saturated carbocycles. The van der Waals surface area contributed by atoms with Crippen LogP contribution >= 0.6 is 31.9 Å². The maximum absolute atomic E-state index is 5.28. The highest BCUT2D eigenvalue weighted by Crippen LogP contribution is 2.40. The van der Waals surface area contributed by atoms with Crippen molar-refractivity contribution in [3.63, 3.8) is 0 Å². The molecule has 0 fully saturated rings. The molecule has 1 aliphatic heterocycles. The lowest BCUT2D eigenvalue weighted by atomic mass is 9.95. The van der Waals surface area contributed by atoms with Crippen molar-refractivity contribution in [2.45, 2.75) is 38.8 Å². The molecular weight excluding hydrogens is 348 g/mol. The first-order valence-corrected chi connectivity index (χ1v) is 7.28. The Labute approximate surface area is 119 Å². The van der Waals surface area contributed by atoms with E-state index in [9.17, 15) is 0 Å². The highest BCUT2D eigenvalue weighted by atomic mass is 79.9. The molecule has 94 valence electrons. The molecule has 0 saturated heterocycles. The molecule has 2 heterocycles. The van der Waals surface area contributed by atoms with Crippen molar-refractivity contribution in [2.75, 3.05) is 7.11 Å². The van der Waals surface area contributed by atoms with E-state index in [1.54, 1.807) is 7.11 Å². The first kappa shape index (κ1) is 13.3. The second kappa shape index (κ2) is 5.24. The highest BCUT2D eigenvalue weighted by Gasteiger charge is 2.25. The lowest BCUT2D eigenvalue weighted by molar-refractivity contribution is 0.392. The van der Waals surface area contributed by atoms with Gasteiger partial charge in [-0.3, -0.25) is 0 Å². The molecule has 2 unspecified atom stereocenters. The summed E-state index contributed by atoms with van der Waals surface area (Å²) in [6, 6.07) is 0.510. The summed E-state index contributed by atoms with van der Waals surface area (Å²) in [6.07, 6.45) is 1.12. The van der Waals surface area contributed by atoms with E-state index < -0.39 is 0 Å². The predicted octanol–water partition coefficient (Wildman–Crippen LogP) is 3.60. The first-order valence-electron chi connectivity index (χ1n) is 5.69. The van der Waals surface area contributed by atoms with Crippen molar-refractivity contribution < 1.29 is 4.74 Å². The summed E-state index contributed by atoms with van der Waals surface area (Å²) >= 11 is 7.19. The molecule has 2 atom stereocenters. The van der Waals surface area contributed by atoms with Gasteiger partial charge in [-0.05, 0) is 56.7 Å². The summed E-state index contributed by atoms with van der Waals surface area (Å²) in [7, 11) is 1.64. The Morgan fingerprint density at radius 1 is 1.29 bits per heavy atom. The van der Waals surface area contributed by atoms with Crippen LogP contribution in [0, 0.1) is 0 Å². The summed E-state index contributed by atoms with van der Waals surface area (Å²) in [5, 5.41) is 3.47. The number of hydrogen-bond donors (Lipinski definition) is 1. The fourth-order valence-corrected chi connectivity index (χ4v) is 3.60. The minimum atomic E-state index is 0.485. The van der Waals surface area contributed by atoms with E-state index in [0.29, 0.717) is 17.8 Å². The number of halogens is 2. The lowest BCUT2D eigenvalue weighted by Crippen LogP contribution is -2.24. The topological polar surface area (TPSA) is 34.1 Å². The van der Waals surface area contributed by atoms with E-state index >= 15 is 0 Å². The van der Waals surface area contributed by atoms with Crippen LogP contribution in [0.4, 0.5) is 0 Å². The molecule has 0 amide bonds. The summed E-state index contributed by atoms with van der Waals surface area (Å²) in [5.74, 6) is 1.12. The molecule has 1 N–H and O–H groups in total. The van der Waals surface area contributed by atoms with E-state index in [-0.39, 0.29) is 0 Å². The molecule has 0 spiro atoms. The van der Waals surface area contributed by atoms with Gasteiger partial charge in [0.05, 0.1) is 17.3 Å². The zero-order valence-electron chi connectivity index (χ0n) is 10.2. The average Bonchev–Trinajstić information content (AvgIpc) is 2.43. The van der Waals surface area contributed by atoms with Crippen LogP contribution in [0.2, 0.25) is 0 Å². The van der Waals surface area contributed by atoms with Crippen LogP contribution in [0.25, 0.3) is 0 Å². The number of nitrogens with one attached hydrogen (secondary N) is 1. The number of ether oxygens (including phenoxy) is 1. The Bertz CT molecular complexity index is 437. The summed E-state index contributed by atoms with van der Waals surface area (Å²) < 4.78 is 7.25. The Morgan fingerprint density at radius 2 is 2.00 bits per heavy atom. The zero-order chi connectivity index (χ0) is 12.6. The van der Waals surface area contributed by atoms with Crippen LogP contribution in [-0.2, 0) is 6.54 Å². The molecular formula is C12H16Br2N2O. The van der Waals surface area contributed by atoms with Gasteiger partial charge < -0.3 is 10.1 Å². The van der Waals surface area contributed by atoms with E-state index in [4.69, 9.17) is 4.74 Å². The van der Waals surface area contributed by atoms with Gasteiger partial charge in [-0.2, -0.15) is 0 Å². The second-order valence-corrected chi connectivity index (χ2v) is 6.11. The smallest absolute Gasteiger partial charge is 0.229 e. The van der Waals surface area contributed by atoms with Gasteiger partial charge in [0.25, 0.3) is 0 Å². The van der Waals surface area contributed by atoms with Crippen molar-refractivity contribution in [3.05, 3.63) is 20.2 Å². The van der Waals surface area contributed by atoms with E-state index in [1.165, 1.54) is 5.56 Å². The van der Waals surface area contributed by atoms with Gasteiger partial charge in [0, 0.05) is 17.1 Å². The Balaban J connectivity index is 2.55. The summed E-state index contributed by atoms with van der Waals surface area (Å²) in [6.45, 7) is 5.25. The predicted molar refractivity (Wildman–Crippen MR) is 75.5 cm³/mol. The molecule has 1 aromatic rings. The number of fused-ring (bicyclic) bond motifs is 1. The third-order valence-corrected chi connectivity index (χ3v) is 5.27. The molecule has 2 rings (SSSR count). The third kappa shape index (κ3) is 2.51. The van der Waals surface area contributed by atoms with Crippen molar-refractivity contribution >= 4 is 31.9 Å². The highest BCUT2D eigenvalue weighted by molar-refractivity contribution is 9.13. The lowest BCUT2D eigenvalue weighted by Gasteiger charge is -2.17. The molecule has 17 heavy (non-hydrogen) atoms. The minimum Gasteiger partial charge on any atom is -0.480 e. The molecule has 5 heteroatoms. The van der Waals surface area contributed by atoms with E-state index in [2.05, 4.69) is 56.0 Å². The number of methoxy groups -OCH3 is 1. The van der Waals surface area contributed by atoms with E-state index in [1.807, 2.05) is 0 Å². The number of pyridine rings is 1. The normalized spacial score (nSPS) is 24.1. The quantitative estimate of drug-likeness (QED) is 0.827. The van der Waals surface area contributed by atoms with Crippen LogP contribution in [0.1, 0.15) is 37.4 Å². The third-order valence-electron chi connectivity index (χ3n) is 3.18. The van der Waals surface area contributed by atoms with Crippen molar-refractivity contribution in [2.24, 2.45) is 0 Å². The number of hydrogen-bond acceptors (Lipinski definition) is 3. The van der Waals surface area contributed by atoms with Crippen molar-refractivity contribution in [1.82, 2.24) is 10.3 Å². The zero-order valence-corrected chi connectivity index (χ0v) is 13.4. The number of aromatic nitrogens is 1. The molecule has 0 aliphatic carbocycles. The van der Waals surface area contributed by atoms with Crippen LogP contribution in [-0.4, -0.2) is 18.1 Å².